The molecule has 5 N–H and O–H groups in total. The van der Waals surface area contributed by atoms with E-state index in [2.05, 4.69) is 10.1 Å². The predicted molar refractivity (Wildman–Crippen MR) is 115 cm³/mol. The number of amides is 2. The second-order valence-corrected chi connectivity index (χ2v) is 6.75. The second-order valence-electron chi connectivity index (χ2n) is 6.75. The Morgan fingerprint density at radius 1 is 1.27 bits per heavy atom. The maximum absolute atomic E-state index is 12.8. The third kappa shape index (κ3) is 6.57. The van der Waals surface area contributed by atoms with Crippen LogP contribution in [0.2, 0.25) is 0 Å². The molecule has 0 saturated carbocycles. The fourth-order valence-corrected chi connectivity index (χ4v) is 3.02. The normalized spacial score (nSPS) is 17.0. The van der Waals surface area contributed by atoms with Crippen LogP contribution in [-0.2, 0) is 14.3 Å². The molecule has 178 valence electrons. The first-order valence-corrected chi connectivity index (χ1v) is 9.27. The number of nitrogens with two attached hydrogens (primary N) is 1. The van der Waals surface area contributed by atoms with Crippen molar-refractivity contribution in [2.24, 2.45) is 5.73 Å². The van der Waals surface area contributed by atoms with Crippen molar-refractivity contribution in [3.8, 4) is 5.75 Å². The molecular formula is C20H20ClF3N4O5. The van der Waals surface area contributed by atoms with E-state index in [-0.39, 0.29) is 42.8 Å². The van der Waals surface area contributed by atoms with Crippen molar-refractivity contribution >= 4 is 41.4 Å². The smallest absolute Gasteiger partial charge is 0.406 e. The Balaban J connectivity index is 0.00000385. The summed E-state index contributed by atoms with van der Waals surface area (Å²) in [6.45, 7) is -0.0515. The molecule has 2 atom stereocenters. The van der Waals surface area contributed by atoms with Crippen molar-refractivity contribution in [2.45, 2.75) is 18.6 Å². The van der Waals surface area contributed by atoms with Gasteiger partial charge in [-0.1, -0.05) is 6.07 Å². The van der Waals surface area contributed by atoms with Crippen LogP contribution < -0.4 is 20.7 Å². The van der Waals surface area contributed by atoms with E-state index >= 15 is 0 Å². The van der Waals surface area contributed by atoms with Crippen LogP contribution in [0.25, 0.3) is 0 Å². The van der Waals surface area contributed by atoms with Gasteiger partial charge in [0.1, 0.15) is 11.6 Å². The molecule has 1 saturated heterocycles. The number of nitrogens with zero attached hydrogens (tertiary/aromatic N) is 1. The van der Waals surface area contributed by atoms with Crippen molar-refractivity contribution in [1.29, 1.82) is 5.41 Å². The first kappa shape index (κ1) is 25.9. The number of carbonyl (C=O) groups excluding carboxylic acids is 2. The molecular weight excluding hydrogens is 469 g/mol. The van der Waals surface area contributed by atoms with Gasteiger partial charge in [0, 0.05) is 29.5 Å². The molecule has 1 aliphatic heterocycles. The van der Waals surface area contributed by atoms with Gasteiger partial charge in [0.05, 0.1) is 6.61 Å². The Morgan fingerprint density at radius 3 is 2.55 bits per heavy atom. The number of carbonyl (C=O) groups is 2. The monoisotopic (exact) mass is 488 g/mol. The molecule has 1 unspecified atom stereocenters. The summed E-state index contributed by atoms with van der Waals surface area (Å²) in [5, 5.41) is 20.1. The van der Waals surface area contributed by atoms with E-state index in [9.17, 15) is 27.9 Å². The Labute approximate surface area is 192 Å². The van der Waals surface area contributed by atoms with E-state index in [4.69, 9.17) is 15.9 Å². The van der Waals surface area contributed by atoms with E-state index in [1.54, 1.807) is 0 Å². The molecule has 0 aliphatic carbocycles. The maximum Gasteiger partial charge on any atom is 0.573 e. The fourth-order valence-electron chi connectivity index (χ4n) is 3.02. The third-order valence-electron chi connectivity index (χ3n) is 4.50. The minimum absolute atomic E-state index is 0. The second kappa shape index (κ2) is 10.5. The minimum Gasteiger partial charge on any atom is -0.406 e. The Kier molecular flexibility index (Phi) is 8.25. The Morgan fingerprint density at radius 2 is 1.94 bits per heavy atom. The van der Waals surface area contributed by atoms with Crippen LogP contribution in [0, 0.1) is 5.41 Å². The lowest BCUT2D eigenvalue weighted by molar-refractivity contribution is -0.274. The lowest BCUT2D eigenvalue weighted by Crippen LogP contribution is -2.55. The number of alkyl halides is 3. The molecule has 0 radical (unpaired) electrons. The van der Waals surface area contributed by atoms with Crippen LogP contribution in [0.1, 0.15) is 5.56 Å². The number of nitrogens with one attached hydrogen (secondary N) is 2. The molecule has 9 nitrogen and oxygen atoms in total. The van der Waals surface area contributed by atoms with Crippen LogP contribution in [0.15, 0.2) is 48.5 Å². The molecule has 1 fully saturated rings. The molecule has 1 heterocycles. The number of ether oxygens (including phenoxy) is 2. The maximum atomic E-state index is 12.8. The zero-order valence-electron chi connectivity index (χ0n) is 16.8. The van der Waals surface area contributed by atoms with Gasteiger partial charge in [0.15, 0.2) is 12.2 Å². The topological polar surface area (TPSA) is 138 Å². The molecule has 3 rings (SSSR count). The average Bonchev–Trinajstić information content (AvgIpc) is 2.72. The summed E-state index contributed by atoms with van der Waals surface area (Å²) in [5.74, 6) is -2.39. The van der Waals surface area contributed by atoms with Gasteiger partial charge in [0.2, 0.25) is 0 Å². The van der Waals surface area contributed by atoms with Crippen molar-refractivity contribution in [3.63, 3.8) is 0 Å². The quantitative estimate of drug-likeness (QED) is 0.362. The molecule has 2 amide bonds. The number of benzene rings is 2. The molecule has 1 aliphatic rings. The SMILES string of the molecule is Cl.N=C(N)c1ccc(NC(=O)C(O)[C@H]2OCCN(c3cccc(OC(F)(F)F)c3)C2=O)cc1. The van der Waals surface area contributed by atoms with E-state index < -0.39 is 36.1 Å². The number of morpholine rings is 1. The predicted octanol–water partition coefficient (Wildman–Crippen LogP) is 2.02. The Hall–Kier alpha value is -3.35. The largest absolute Gasteiger partial charge is 0.573 e. The molecule has 0 bridgehead atoms. The van der Waals surface area contributed by atoms with Gasteiger partial charge in [-0.15, -0.1) is 25.6 Å². The van der Waals surface area contributed by atoms with Crippen LogP contribution in [0.3, 0.4) is 0 Å². The van der Waals surface area contributed by atoms with Crippen molar-refractivity contribution in [3.05, 3.63) is 54.1 Å². The summed E-state index contributed by atoms with van der Waals surface area (Å²) < 4.78 is 46.5. The number of halogens is 4. The minimum atomic E-state index is -4.90. The standard InChI is InChI=1S/C20H19F3N4O5.ClH/c21-20(22,23)32-14-3-1-2-13(10-14)27-8-9-31-16(19(27)30)15(28)18(29)26-12-6-4-11(5-7-12)17(24)25;/h1-7,10,15-16,28H,8-9H2,(H3,24,25)(H,26,29);1H/t15?,16-;/m1./s1. The van der Waals surface area contributed by atoms with Gasteiger partial charge < -0.3 is 30.5 Å². The van der Waals surface area contributed by atoms with Crippen molar-refractivity contribution in [1.82, 2.24) is 0 Å². The first-order valence-electron chi connectivity index (χ1n) is 9.27. The third-order valence-corrected chi connectivity index (χ3v) is 4.50. The lowest BCUT2D eigenvalue weighted by atomic mass is 10.1. The number of rotatable bonds is 6. The van der Waals surface area contributed by atoms with Gasteiger partial charge in [-0.25, -0.2) is 0 Å². The Bertz CT molecular complexity index is 1020. The highest BCUT2D eigenvalue weighted by Gasteiger charge is 2.39. The molecule has 2 aromatic carbocycles. The number of amidine groups is 1. The van der Waals surface area contributed by atoms with E-state index in [1.165, 1.54) is 36.4 Å². The van der Waals surface area contributed by atoms with Gasteiger partial charge in [-0.2, -0.15) is 0 Å². The number of nitrogen functional groups attached to an aromatic ring is 1. The van der Waals surface area contributed by atoms with Gasteiger partial charge in [-0.05, 0) is 36.4 Å². The number of aliphatic hydroxyl groups excluding tert-OH is 1. The number of anilines is 2. The highest BCUT2D eigenvalue weighted by molar-refractivity contribution is 6.04. The van der Waals surface area contributed by atoms with Crippen LogP contribution in [0.5, 0.6) is 5.75 Å². The summed E-state index contributed by atoms with van der Waals surface area (Å²) >= 11 is 0. The van der Waals surface area contributed by atoms with Crippen molar-refractivity contribution < 1.29 is 37.3 Å². The molecule has 2 aromatic rings. The van der Waals surface area contributed by atoms with E-state index in [1.807, 2.05) is 0 Å². The summed E-state index contributed by atoms with van der Waals surface area (Å²) in [6, 6.07) is 10.7. The van der Waals surface area contributed by atoms with E-state index in [0.717, 1.165) is 17.0 Å². The highest BCUT2D eigenvalue weighted by atomic mass is 35.5. The molecule has 0 aromatic heterocycles. The summed E-state index contributed by atoms with van der Waals surface area (Å²) in [5.41, 5.74) is 6.18. The average molecular weight is 489 g/mol. The summed E-state index contributed by atoms with van der Waals surface area (Å²) in [7, 11) is 0. The lowest BCUT2D eigenvalue weighted by Gasteiger charge is -2.34. The van der Waals surface area contributed by atoms with Gasteiger partial charge >= 0.3 is 6.36 Å². The first-order chi connectivity index (χ1) is 15.0. The fraction of sp³-hybridized carbons (Fsp3) is 0.250. The van der Waals surface area contributed by atoms with Crippen molar-refractivity contribution in [2.75, 3.05) is 23.4 Å². The van der Waals surface area contributed by atoms with Crippen LogP contribution >= 0.6 is 12.4 Å². The zero-order chi connectivity index (χ0) is 23.5. The number of aliphatic hydroxyl groups is 1. The van der Waals surface area contributed by atoms with E-state index in [0.29, 0.717) is 5.56 Å². The summed E-state index contributed by atoms with van der Waals surface area (Å²) in [4.78, 5) is 26.3. The molecule has 33 heavy (non-hydrogen) atoms. The van der Waals surface area contributed by atoms with Gasteiger partial charge in [-0.3, -0.25) is 15.0 Å². The van der Waals surface area contributed by atoms with Crippen LogP contribution in [0.4, 0.5) is 24.5 Å². The number of hydrogen-bond acceptors (Lipinski definition) is 6. The number of hydrogen-bond donors (Lipinski definition) is 4. The zero-order valence-corrected chi connectivity index (χ0v) is 17.7. The molecule has 13 heteroatoms. The van der Waals surface area contributed by atoms with Crippen LogP contribution in [-0.4, -0.2) is 54.5 Å². The van der Waals surface area contributed by atoms with Gasteiger partial charge in [0.25, 0.3) is 11.8 Å². The highest BCUT2D eigenvalue weighted by Crippen LogP contribution is 2.28. The summed E-state index contributed by atoms with van der Waals surface area (Å²) in [6.07, 6.45) is -8.34. The molecule has 0 spiro atoms.